The van der Waals surface area contributed by atoms with Crippen LogP contribution in [0.25, 0.3) is 11.0 Å². The monoisotopic (exact) mass is 458 g/mol. The van der Waals surface area contributed by atoms with E-state index in [0.29, 0.717) is 28.8 Å². The smallest absolute Gasteiger partial charge is 0.264 e. The van der Waals surface area contributed by atoms with Gasteiger partial charge in [0.1, 0.15) is 5.65 Å². The van der Waals surface area contributed by atoms with E-state index < -0.39 is 16.3 Å². The number of aromatic nitrogens is 3. The fourth-order valence-corrected chi connectivity index (χ4v) is 5.29. The van der Waals surface area contributed by atoms with E-state index in [2.05, 4.69) is 26.9 Å². The maximum absolute atomic E-state index is 12.8. The number of nitrogens with two attached hydrogens (primary N) is 1. The number of anilines is 2. The highest BCUT2D eigenvalue weighted by atomic mass is 32.2. The van der Waals surface area contributed by atoms with Gasteiger partial charge in [-0.2, -0.15) is 4.98 Å². The topological polar surface area (TPSA) is 152 Å². The molecule has 11 heteroatoms. The van der Waals surface area contributed by atoms with E-state index in [4.69, 9.17) is 5.73 Å². The van der Waals surface area contributed by atoms with Gasteiger partial charge in [-0.3, -0.25) is 4.79 Å². The number of aliphatic hydroxyl groups excluding tert-OH is 1. The molecule has 10 nitrogen and oxygen atoms in total. The third-order valence-corrected chi connectivity index (χ3v) is 7.31. The molecule has 4 rings (SSSR count). The lowest BCUT2D eigenvalue weighted by atomic mass is 9.83. The summed E-state index contributed by atoms with van der Waals surface area (Å²) in [4.78, 5) is 19.6. The van der Waals surface area contributed by atoms with Crippen LogP contribution >= 0.6 is 0 Å². The highest BCUT2D eigenvalue weighted by molar-refractivity contribution is 7.92. The van der Waals surface area contributed by atoms with Gasteiger partial charge in [-0.1, -0.05) is 19.3 Å². The SMILES string of the molecule is CC1(n2c(C(O)NC=O)cc3cnc(NS(=O)(=O)c4ccc(N)cc4)nc32)CCCCC1. The van der Waals surface area contributed by atoms with Gasteiger partial charge in [0, 0.05) is 22.8 Å². The standard InChI is InChI=1S/C21H26N6O4S/c1-21(9-3-2-4-10-21)27-17(19(29)24-13-28)11-14-12-23-20(25-18(14)27)26-32(30,31)16-7-5-15(22)6-8-16/h5-8,11-13,19,29H,2-4,9-10,22H2,1H3,(H,24,28)(H,23,25,26). The van der Waals surface area contributed by atoms with Crippen molar-refractivity contribution >= 4 is 39.1 Å². The van der Waals surface area contributed by atoms with Crippen molar-refractivity contribution in [3.8, 4) is 0 Å². The highest BCUT2D eigenvalue weighted by Crippen LogP contribution is 2.39. The molecule has 1 aliphatic carbocycles. The number of sulfonamides is 1. The second-order valence-electron chi connectivity index (χ2n) is 8.30. The summed E-state index contributed by atoms with van der Waals surface area (Å²) < 4.78 is 29.9. The van der Waals surface area contributed by atoms with Crippen molar-refractivity contribution in [2.45, 2.75) is 55.7 Å². The van der Waals surface area contributed by atoms with E-state index >= 15 is 0 Å². The first kappa shape index (κ1) is 22.0. The van der Waals surface area contributed by atoms with Crippen molar-refractivity contribution in [1.82, 2.24) is 19.9 Å². The molecule has 32 heavy (non-hydrogen) atoms. The Balaban J connectivity index is 1.79. The Morgan fingerprint density at radius 3 is 2.56 bits per heavy atom. The van der Waals surface area contributed by atoms with Crippen molar-refractivity contribution in [2.24, 2.45) is 0 Å². The Morgan fingerprint density at radius 2 is 1.91 bits per heavy atom. The molecule has 0 radical (unpaired) electrons. The molecule has 0 spiro atoms. The summed E-state index contributed by atoms with van der Waals surface area (Å²) in [6, 6.07) is 7.53. The van der Waals surface area contributed by atoms with Gasteiger partial charge in [0.05, 0.1) is 10.6 Å². The third kappa shape index (κ3) is 4.13. The average Bonchev–Trinajstić information content (AvgIpc) is 3.14. The van der Waals surface area contributed by atoms with E-state index in [1.165, 1.54) is 30.5 Å². The van der Waals surface area contributed by atoms with Crippen molar-refractivity contribution in [2.75, 3.05) is 10.5 Å². The minimum absolute atomic E-state index is 0.0383. The second kappa shape index (κ2) is 8.40. The van der Waals surface area contributed by atoms with Crippen LogP contribution in [0, 0.1) is 0 Å². The van der Waals surface area contributed by atoms with Crippen molar-refractivity contribution in [3.63, 3.8) is 0 Å². The molecule has 1 aliphatic rings. The number of hydrogen-bond donors (Lipinski definition) is 4. The van der Waals surface area contributed by atoms with Gasteiger partial charge in [0.25, 0.3) is 10.0 Å². The summed E-state index contributed by atoms with van der Waals surface area (Å²) >= 11 is 0. The number of nitrogens with zero attached hydrogens (tertiary/aromatic N) is 3. The molecule has 1 fully saturated rings. The van der Waals surface area contributed by atoms with E-state index in [9.17, 15) is 18.3 Å². The zero-order chi connectivity index (χ0) is 22.9. The Kier molecular flexibility index (Phi) is 5.78. The first-order chi connectivity index (χ1) is 15.2. The minimum atomic E-state index is -3.92. The molecule has 0 bridgehead atoms. The van der Waals surface area contributed by atoms with Crippen LogP contribution < -0.4 is 15.8 Å². The lowest BCUT2D eigenvalue weighted by molar-refractivity contribution is -0.112. The molecular formula is C21H26N6O4S. The normalized spacial score (nSPS) is 17.1. The van der Waals surface area contributed by atoms with Crippen molar-refractivity contribution < 1.29 is 18.3 Å². The van der Waals surface area contributed by atoms with Crippen LogP contribution in [0.4, 0.5) is 11.6 Å². The highest BCUT2D eigenvalue weighted by Gasteiger charge is 2.34. The molecule has 1 saturated carbocycles. The van der Waals surface area contributed by atoms with Crippen LogP contribution in [0.2, 0.25) is 0 Å². The largest absolute Gasteiger partial charge is 0.399 e. The zero-order valence-electron chi connectivity index (χ0n) is 17.7. The van der Waals surface area contributed by atoms with Crippen LogP contribution in [-0.4, -0.2) is 34.5 Å². The predicted molar refractivity (Wildman–Crippen MR) is 120 cm³/mol. The van der Waals surface area contributed by atoms with Crippen LogP contribution in [0.5, 0.6) is 0 Å². The Bertz CT molecular complexity index is 1230. The zero-order valence-corrected chi connectivity index (χ0v) is 18.5. The van der Waals surface area contributed by atoms with Gasteiger partial charge in [-0.05, 0) is 50.1 Å². The Morgan fingerprint density at radius 1 is 1.22 bits per heavy atom. The molecule has 1 amide bonds. The lowest BCUT2D eigenvalue weighted by Gasteiger charge is -2.37. The summed E-state index contributed by atoms with van der Waals surface area (Å²) in [6.07, 6.45) is 5.62. The van der Waals surface area contributed by atoms with Crippen molar-refractivity contribution in [1.29, 1.82) is 0 Å². The molecule has 1 aromatic carbocycles. The minimum Gasteiger partial charge on any atom is -0.399 e. The van der Waals surface area contributed by atoms with Gasteiger partial charge >= 0.3 is 0 Å². The first-order valence-corrected chi connectivity index (χ1v) is 11.9. The second-order valence-corrected chi connectivity index (χ2v) is 9.98. The molecule has 5 N–H and O–H groups in total. The number of rotatable bonds is 7. The maximum Gasteiger partial charge on any atom is 0.264 e. The molecule has 3 aromatic rings. The van der Waals surface area contributed by atoms with E-state index in [-0.39, 0.29) is 16.4 Å². The van der Waals surface area contributed by atoms with Gasteiger partial charge in [0.2, 0.25) is 12.4 Å². The van der Waals surface area contributed by atoms with Crippen LogP contribution in [-0.2, 0) is 20.4 Å². The molecular weight excluding hydrogens is 432 g/mol. The first-order valence-electron chi connectivity index (χ1n) is 10.4. The van der Waals surface area contributed by atoms with Crippen LogP contribution in [0.15, 0.2) is 41.4 Å². The number of fused-ring (bicyclic) bond motifs is 1. The summed E-state index contributed by atoms with van der Waals surface area (Å²) in [7, 11) is -3.92. The van der Waals surface area contributed by atoms with Gasteiger partial charge in [0.15, 0.2) is 6.23 Å². The number of hydrogen-bond acceptors (Lipinski definition) is 7. The Hall–Kier alpha value is -3.18. The summed E-state index contributed by atoms with van der Waals surface area (Å²) in [5.74, 6) is -0.0857. The van der Waals surface area contributed by atoms with E-state index in [1.54, 1.807) is 6.07 Å². The van der Waals surface area contributed by atoms with Crippen LogP contribution in [0.3, 0.4) is 0 Å². The molecule has 1 unspecified atom stereocenters. The number of aliphatic hydroxyl groups is 1. The average molecular weight is 459 g/mol. The molecule has 0 aliphatic heterocycles. The maximum atomic E-state index is 12.8. The number of nitrogen functional groups attached to an aromatic ring is 1. The summed E-state index contributed by atoms with van der Waals surface area (Å²) in [5.41, 5.74) is 6.72. The van der Waals surface area contributed by atoms with Gasteiger partial charge in [-0.15, -0.1) is 0 Å². The molecule has 0 saturated heterocycles. The third-order valence-electron chi connectivity index (χ3n) is 5.96. The molecule has 170 valence electrons. The molecule has 2 heterocycles. The van der Waals surface area contributed by atoms with Gasteiger partial charge < -0.3 is 20.7 Å². The lowest BCUT2D eigenvalue weighted by Crippen LogP contribution is -2.36. The van der Waals surface area contributed by atoms with E-state index in [0.717, 1.165) is 32.1 Å². The Labute approximate surface area is 185 Å². The number of benzene rings is 1. The number of carbonyl (C=O) groups excluding carboxylic acids is 1. The fraction of sp³-hybridized carbons (Fsp3) is 0.381. The quantitative estimate of drug-likeness (QED) is 0.241. The van der Waals surface area contributed by atoms with Crippen molar-refractivity contribution in [3.05, 3.63) is 42.2 Å². The summed E-state index contributed by atoms with van der Waals surface area (Å²) in [5, 5.41) is 13.6. The van der Waals surface area contributed by atoms with E-state index in [1.807, 2.05) is 4.57 Å². The number of carbonyl (C=O) groups is 1. The molecule has 2 aromatic heterocycles. The molecule has 1 atom stereocenters. The predicted octanol–water partition coefficient (Wildman–Crippen LogP) is 2.23. The fourth-order valence-electron chi connectivity index (χ4n) is 4.34. The van der Waals surface area contributed by atoms with Gasteiger partial charge in [-0.25, -0.2) is 18.1 Å². The summed E-state index contributed by atoms with van der Waals surface area (Å²) in [6.45, 7) is 2.09. The number of amides is 1. The number of nitrogens with one attached hydrogen (secondary N) is 2. The van der Waals surface area contributed by atoms with Crippen LogP contribution in [0.1, 0.15) is 50.9 Å².